The van der Waals surface area contributed by atoms with E-state index in [0.29, 0.717) is 53.1 Å². The molecule has 0 saturated carbocycles. The van der Waals surface area contributed by atoms with Crippen molar-refractivity contribution < 1.29 is 27.9 Å². The molecule has 1 aromatic carbocycles. The molecular weight excluding hydrogens is 521 g/mol. The average Bonchev–Trinajstić information content (AvgIpc) is 3.51. The molecule has 0 spiro atoms. The van der Waals surface area contributed by atoms with E-state index < -0.39 is 29.9 Å². The Morgan fingerprint density at radius 3 is 2.67 bits per heavy atom. The number of carbonyl (C=O) groups is 1. The SMILES string of the molecule is COCOc1cc(-c2noc(C)n2)ccc1-c1ncc(N(C)[C@H]2C[C@@H]3CC[C@H]([C@H]2F)N3C(=O)OC(C)(C)C)nn1. The number of hydrogen-bond acceptors (Lipinski definition) is 11. The quantitative estimate of drug-likeness (QED) is 0.389. The zero-order valence-electron chi connectivity index (χ0n) is 23.5. The van der Waals surface area contributed by atoms with Gasteiger partial charge in [0.2, 0.25) is 11.7 Å². The van der Waals surface area contributed by atoms with Crippen LogP contribution in [0.4, 0.5) is 15.0 Å². The average molecular weight is 556 g/mol. The van der Waals surface area contributed by atoms with Crippen molar-refractivity contribution in [1.29, 1.82) is 0 Å². The van der Waals surface area contributed by atoms with Gasteiger partial charge in [-0.05, 0) is 52.2 Å². The van der Waals surface area contributed by atoms with Crippen molar-refractivity contribution in [2.75, 3.05) is 25.9 Å². The summed E-state index contributed by atoms with van der Waals surface area (Å²) in [5.41, 5.74) is 0.645. The summed E-state index contributed by atoms with van der Waals surface area (Å²) < 4.78 is 37.3. The Labute approximate surface area is 231 Å². The van der Waals surface area contributed by atoms with E-state index in [4.69, 9.17) is 18.7 Å². The van der Waals surface area contributed by atoms with Gasteiger partial charge in [-0.2, -0.15) is 4.98 Å². The molecule has 4 heterocycles. The number of benzene rings is 1. The maximum Gasteiger partial charge on any atom is 0.410 e. The Balaban J connectivity index is 1.34. The Hall–Kier alpha value is -3.87. The van der Waals surface area contributed by atoms with Gasteiger partial charge in [0.1, 0.15) is 17.5 Å². The summed E-state index contributed by atoms with van der Waals surface area (Å²) in [6.45, 7) is 7.16. The first kappa shape index (κ1) is 27.7. The standard InChI is InChI=1S/C27H34FN7O5/c1-15-30-24(33-40-15)16-7-9-18(21(11-16)38-14-37-6)25-29-13-22(31-32-25)34(5)20-12-17-8-10-19(23(20)28)35(17)26(36)39-27(2,3)4/h7,9,11,13,17,19-20,23H,8,10,12,14H2,1-6H3/t17-,19+,20-,23+/m0/s1. The molecule has 1 amide bonds. The molecule has 13 heteroatoms. The van der Waals surface area contributed by atoms with Crippen molar-refractivity contribution in [2.45, 2.75) is 76.9 Å². The molecule has 2 fully saturated rings. The number of ether oxygens (including phenoxy) is 3. The molecule has 0 radical (unpaired) electrons. The molecule has 2 aromatic heterocycles. The molecule has 0 unspecified atom stereocenters. The van der Waals surface area contributed by atoms with E-state index in [1.165, 1.54) is 7.11 Å². The van der Waals surface area contributed by atoms with Crippen LogP contribution >= 0.6 is 0 Å². The summed E-state index contributed by atoms with van der Waals surface area (Å²) >= 11 is 0. The summed E-state index contributed by atoms with van der Waals surface area (Å²) in [6.07, 6.45) is 1.63. The highest BCUT2D eigenvalue weighted by Gasteiger charge is 2.52. The molecule has 12 nitrogen and oxygen atoms in total. The van der Waals surface area contributed by atoms with Crippen LogP contribution in [0.3, 0.4) is 0 Å². The van der Waals surface area contributed by atoms with Crippen molar-refractivity contribution in [3.8, 4) is 28.5 Å². The highest BCUT2D eigenvalue weighted by molar-refractivity contribution is 5.71. The van der Waals surface area contributed by atoms with Gasteiger partial charge in [-0.1, -0.05) is 11.2 Å². The van der Waals surface area contributed by atoms with Crippen molar-refractivity contribution in [2.24, 2.45) is 0 Å². The van der Waals surface area contributed by atoms with Gasteiger partial charge in [0.15, 0.2) is 18.4 Å². The Kier molecular flexibility index (Phi) is 7.58. The molecule has 3 aromatic rings. The van der Waals surface area contributed by atoms with E-state index >= 15 is 4.39 Å². The fraction of sp³-hybridized carbons (Fsp3) is 0.556. The van der Waals surface area contributed by atoms with Crippen molar-refractivity contribution >= 4 is 11.9 Å². The number of piperidine rings is 1. The van der Waals surface area contributed by atoms with Crippen LogP contribution in [0.15, 0.2) is 28.9 Å². The van der Waals surface area contributed by atoms with Gasteiger partial charge >= 0.3 is 6.09 Å². The summed E-state index contributed by atoms with van der Waals surface area (Å²) in [6, 6.07) is 4.24. The number of methoxy groups -OCH3 is 1. The second kappa shape index (κ2) is 11.0. The Bertz CT molecular complexity index is 1350. The van der Waals surface area contributed by atoms with Gasteiger partial charge in [0.25, 0.3) is 0 Å². The second-order valence-corrected chi connectivity index (χ2v) is 11.1. The van der Waals surface area contributed by atoms with Crippen LogP contribution in [0.2, 0.25) is 0 Å². The van der Waals surface area contributed by atoms with E-state index in [0.717, 1.165) is 6.42 Å². The smallest absolute Gasteiger partial charge is 0.410 e. The molecule has 0 aliphatic carbocycles. The number of halogens is 1. The van der Waals surface area contributed by atoms with Crippen molar-refractivity contribution in [1.82, 2.24) is 30.2 Å². The highest BCUT2D eigenvalue weighted by atomic mass is 19.1. The molecule has 40 heavy (non-hydrogen) atoms. The number of aryl methyl sites for hydroxylation is 1. The van der Waals surface area contributed by atoms with Gasteiger partial charge in [-0.3, -0.25) is 4.90 Å². The lowest BCUT2D eigenvalue weighted by atomic mass is 9.94. The third kappa shape index (κ3) is 5.55. The monoisotopic (exact) mass is 555 g/mol. The summed E-state index contributed by atoms with van der Waals surface area (Å²) in [5.74, 6) is 2.09. The highest BCUT2D eigenvalue weighted by Crippen LogP contribution is 2.41. The van der Waals surface area contributed by atoms with Crippen LogP contribution < -0.4 is 9.64 Å². The molecule has 214 valence electrons. The number of aromatic nitrogens is 5. The van der Waals surface area contributed by atoms with Crippen LogP contribution in [-0.2, 0) is 9.47 Å². The lowest BCUT2D eigenvalue weighted by Gasteiger charge is -2.44. The van der Waals surface area contributed by atoms with Crippen LogP contribution in [0.5, 0.6) is 5.75 Å². The lowest BCUT2D eigenvalue weighted by Crippen LogP contribution is -2.59. The number of alkyl halides is 1. The predicted octanol–water partition coefficient (Wildman–Crippen LogP) is 4.19. The Morgan fingerprint density at radius 1 is 1.23 bits per heavy atom. The molecule has 4 atom stereocenters. The second-order valence-electron chi connectivity index (χ2n) is 11.1. The molecule has 2 saturated heterocycles. The summed E-state index contributed by atoms with van der Waals surface area (Å²) in [4.78, 5) is 24.9. The zero-order valence-corrected chi connectivity index (χ0v) is 23.5. The van der Waals surface area contributed by atoms with Crippen LogP contribution in [0.1, 0.15) is 45.9 Å². The van der Waals surface area contributed by atoms with E-state index in [1.807, 2.05) is 26.8 Å². The van der Waals surface area contributed by atoms with E-state index in [-0.39, 0.29) is 12.8 Å². The lowest BCUT2D eigenvalue weighted by molar-refractivity contribution is -0.0104. The number of nitrogens with zero attached hydrogens (tertiary/aromatic N) is 7. The summed E-state index contributed by atoms with van der Waals surface area (Å²) in [7, 11) is 3.30. The topological polar surface area (TPSA) is 129 Å². The minimum Gasteiger partial charge on any atom is -0.467 e. The summed E-state index contributed by atoms with van der Waals surface area (Å²) in [5, 5.41) is 12.6. The van der Waals surface area contributed by atoms with Gasteiger partial charge in [-0.15, -0.1) is 10.2 Å². The van der Waals surface area contributed by atoms with Gasteiger partial charge in [0, 0.05) is 32.7 Å². The first-order chi connectivity index (χ1) is 19.1. The minimum absolute atomic E-state index is 0.0121. The molecular formula is C27H34FN7O5. The van der Waals surface area contributed by atoms with Crippen molar-refractivity contribution in [3.63, 3.8) is 0 Å². The number of hydrogen-bond donors (Lipinski definition) is 0. The molecule has 2 aliphatic heterocycles. The van der Waals surface area contributed by atoms with Crippen LogP contribution in [0, 0.1) is 6.92 Å². The first-order valence-electron chi connectivity index (χ1n) is 13.2. The molecule has 2 aliphatic rings. The molecule has 2 bridgehead atoms. The largest absolute Gasteiger partial charge is 0.467 e. The number of anilines is 1. The van der Waals surface area contributed by atoms with E-state index in [9.17, 15) is 4.79 Å². The number of amides is 1. The fourth-order valence-corrected chi connectivity index (χ4v) is 5.32. The predicted molar refractivity (Wildman–Crippen MR) is 142 cm³/mol. The number of rotatable bonds is 7. The van der Waals surface area contributed by atoms with Gasteiger partial charge in [-0.25, -0.2) is 14.2 Å². The maximum atomic E-state index is 15.8. The van der Waals surface area contributed by atoms with Gasteiger partial charge in [0.05, 0.1) is 23.8 Å². The first-order valence-corrected chi connectivity index (χ1v) is 13.2. The molecule has 5 rings (SSSR count). The minimum atomic E-state index is -1.27. The third-order valence-corrected chi connectivity index (χ3v) is 7.15. The number of fused-ring (bicyclic) bond motifs is 2. The maximum absolute atomic E-state index is 15.8. The molecule has 0 N–H and O–H groups in total. The van der Waals surface area contributed by atoms with E-state index in [2.05, 4.69) is 25.3 Å². The van der Waals surface area contributed by atoms with Gasteiger partial charge < -0.3 is 23.6 Å². The van der Waals surface area contributed by atoms with Crippen LogP contribution in [0.25, 0.3) is 22.8 Å². The Morgan fingerprint density at radius 2 is 2.02 bits per heavy atom. The third-order valence-electron chi connectivity index (χ3n) is 7.15. The van der Waals surface area contributed by atoms with E-state index in [1.54, 1.807) is 42.1 Å². The van der Waals surface area contributed by atoms with Crippen LogP contribution in [-0.4, -0.2) is 87.2 Å². The normalized spacial score (nSPS) is 22.3. The van der Waals surface area contributed by atoms with Crippen molar-refractivity contribution in [3.05, 3.63) is 30.3 Å². The fourth-order valence-electron chi connectivity index (χ4n) is 5.32. The number of carbonyl (C=O) groups excluding carboxylic acids is 1. The zero-order chi connectivity index (χ0) is 28.6.